The van der Waals surface area contributed by atoms with E-state index < -0.39 is 10.0 Å². The van der Waals surface area contributed by atoms with Crippen LogP contribution in [0.2, 0.25) is 0 Å². The van der Waals surface area contributed by atoms with Crippen LogP contribution in [0.4, 0.5) is 0 Å². The molecule has 0 unspecified atom stereocenters. The Morgan fingerprint density at radius 3 is 2.80 bits per heavy atom. The Morgan fingerprint density at radius 1 is 1.30 bits per heavy atom. The predicted molar refractivity (Wildman–Crippen MR) is 74.4 cm³/mol. The molecule has 2 N–H and O–H groups in total. The van der Waals surface area contributed by atoms with E-state index in [1.165, 1.54) is 6.07 Å². The summed E-state index contributed by atoms with van der Waals surface area (Å²) in [5, 5.41) is 9.18. The average molecular weight is 295 g/mol. The zero-order chi connectivity index (χ0) is 14.4. The fraction of sp³-hybridized carbons (Fsp3) is 0.308. The van der Waals surface area contributed by atoms with E-state index in [1.807, 2.05) is 10.8 Å². The number of hydrogen-bond donors (Lipinski definition) is 2. The summed E-state index contributed by atoms with van der Waals surface area (Å²) in [5.41, 5.74) is 0.398. The summed E-state index contributed by atoms with van der Waals surface area (Å²) < 4.78 is 28.7. The van der Waals surface area contributed by atoms with Crippen molar-refractivity contribution in [3.8, 4) is 0 Å². The first kappa shape index (κ1) is 14.7. The lowest BCUT2D eigenvalue weighted by Gasteiger charge is -2.10. The summed E-state index contributed by atoms with van der Waals surface area (Å²) >= 11 is 0. The van der Waals surface area contributed by atoms with Crippen molar-refractivity contribution in [3.05, 3.63) is 48.5 Å². The van der Waals surface area contributed by atoms with Crippen molar-refractivity contribution in [2.75, 3.05) is 6.54 Å². The number of benzene rings is 1. The lowest BCUT2D eigenvalue weighted by Crippen LogP contribution is -2.26. The van der Waals surface area contributed by atoms with Crippen LogP contribution in [0.1, 0.15) is 12.0 Å². The highest BCUT2D eigenvalue weighted by molar-refractivity contribution is 7.89. The van der Waals surface area contributed by atoms with Crippen molar-refractivity contribution in [3.63, 3.8) is 0 Å². The van der Waals surface area contributed by atoms with E-state index in [1.54, 1.807) is 30.7 Å². The molecule has 0 saturated carbocycles. The summed E-state index contributed by atoms with van der Waals surface area (Å²) in [5.74, 6) is 0. The highest BCUT2D eigenvalue weighted by Crippen LogP contribution is 2.14. The van der Waals surface area contributed by atoms with Gasteiger partial charge in [-0.2, -0.15) is 0 Å². The molecule has 0 radical (unpaired) electrons. The van der Waals surface area contributed by atoms with Gasteiger partial charge in [-0.1, -0.05) is 18.2 Å². The molecule has 0 aliphatic rings. The third kappa shape index (κ3) is 3.66. The molecule has 0 aliphatic heterocycles. The largest absolute Gasteiger partial charge is 0.392 e. The van der Waals surface area contributed by atoms with Crippen molar-refractivity contribution in [1.29, 1.82) is 0 Å². The van der Waals surface area contributed by atoms with Crippen molar-refractivity contribution in [2.24, 2.45) is 0 Å². The lowest BCUT2D eigenvalue weighted by atomic mass is 10.2. The number of aryl methyl sites for hydroxylation is 1. The van der Waals surface area contributed by atoms with E-state index >= 15 is 0 Å². The van der Waals surface area contributed by atoms with E-state index in [4.69, 9.17) is 0 Å². The Bertz CT molecular complexity index is 639. The van der Waals surface area contributed by atoms with Gasteiger partial charge < -0.3 is 9.67 Å². The fourth-order valence-electron chi connectivity index (χ4n) is 1.86. The summed E-state index contributed by atoms with van der Waals surface area (Å²) in [4.78, 5) is 4.05. The van der Waals surface area contributed by atoms with Crippen LogP contribution in [0.25, 0.3) is 0 Å². The fourth-order valence-corrected chi connectivity index (χ4v) is 3.17. The van der Waals surface area contributed by atoms with Crippen LogP contribution in [-0.2, 0) is 23.2 Å². The summed E-state index contributed by atoms with van der Waals surface area (Å²) in [6, 6.07) is 6.42. The average Bonchev–Trinajstić information content (AvgIpc) is 2.97. The quantitative estimate of drug-likeness (QED) is 0.738. The van der Waals surface area contributed by atoms with Crippen molar-refractivity contribution in [1.82, 2.24) is 14.3 Å². The zero-order valence-corrected chi connectivity index (χ0v) is 11.8. The molecule has 0 aliphatic carbocycles. The summed E-state index contributed by atoms with van der Waals surface area (Å²) in [6.45, 7) is 0.733. The second kappa shape index (κ2) is 6.65. The molecule has 0 fully saturated rings. The lowest BCUT2D eigenvalue weighted by molar-refractivity contribution is 0.278. The zero-order valence-electron chi connectivity index (χ0n) is 10.9. The van der Waals surface area contributed by atoms with Crippen molar-refractivity contribution < 1.29 is 13.5 Å². The number of imidazole rings is 1. The van der Waals surface area contributed by atoms with Gasteiger partial charge in [-0.05, 0) is 18.1 Å². The van der Waals surface area contributed by atoms with Gasteiger partial charge in [-0.3, -0.25) is 0 Å². The molecule has 0 atom stereocenters. The van der Waals surface area contributed by atoms with Crippen LogP contribution in [0.5, 0.6) is 0 Å². The SMILES string of the molecule is O=S(=O)(NCCCn1ccnc1)c1ccccc1CO. The second-order valence-corrected chi connectivity index (χ2v) is 6.05. The van der Waals surface area contributed by atoms with E-state index in [2.05, 4.69) is 9.71 Å². The molecule has 2 rings (SSSR count). The third-order valence-electron chi connectivity index (χ3n) is 2.88. The van der Waals surface area contributed by atoms with Crippen LogP contribution >= 0.6 is 0 Å². The van der Waals surface area contributed by atoms with Crippen molar-refractivity contribution >= 4 is 10.0 Å². The molecule has 0 bridgehead atoms. The van der Waals surface area contributed by atoms with Gasteiger partial charge in [0.2, 0.25) is 10.0 Å². The van der Waals surface area contributed by atoms with Gasteiger partial charge in [-0.25, -0.2) is 18.1 Å². The number of aliphatic hydroxyl groups excluding tert-OH is 1. The molecule has 6 nitrogen and oxygen atoms in total. The Hall–Kier alpha value is -1.70. The first-order chi connectivity index (χ1) is 9.63. The van der Waals surface area contributed by atoms with Crippen LogP contribution in [0.15, 0.2) is 47.9 Å². The maximum atomic E-state index is 12.1. The maximum Gasteiger partial charge on any atom is 0.240 e. The minimum absolute atomic E-state index is 0.130. The first-order valence-corrected chi connectivity index (χ1v) is 7.76. The van der Waals surface area contributed by atoms with Gasteiger partial charge in [0.05, 0.1) is 17.8 Å². The van der Waals surface area contributed by atoms with Crippen LogP contribution < -0.4 is 4.72 Å². The topological polar surface area (TPSA) is 84.2 Å². The number of hydrogen-bond acceptors (Lipinski definition) is 4. The number of nitrogens with zero attached hydrogens (tertiary/aromatic N) is 2. The Kier molecular flexibility index (Phi) is 4.89. The van der Waals surface area contributed by atoms with E-state index in [0.717, 1.165) is 0 Å². The molecule has 0 saturated heterocycles. The molecular weight excluding hydrogens is 278 g/mol. The monoisotopic (exact) mass is 295 g/mol. The minimum atomic E-state index is -3.58. The Labute approximate surface area is 118 Å². The molecule has 2 aromatic rings. The number of aromatic nitrogens is 2. The van der Waals surface area contributed by atoms with Crippen LogP contribution in [-0.4, -0.2) is 29.6 Å². The van der Waals surface area contributed by atoms with Gasteiger partial charge in [-0.15, -0.1) is 0 Å². The molecule has 108 valence electrons. The molecule has 1 heterocycles. The van der Waals surface area contributed by atoms with E-state index in [0.29, 0.717) is 25.1 Å². The van der Waals surface area contributed by atoms with Crippen molar-refractivity contribution in [2.45, 2.75) is 24.5 Å². The van der Waals surface area contributed by atoms with Gasteiger partial charge in [0.1, 0.15) is 0 Å². The number of aliphatic hydroxyl groups is 1. The third-order valence-corrected chi connectivity index (χ3v) is 4.44. The molecule has 0 spiro atoms. The molecule has 1 aromatic heterocycles. The highest BCUT2D eigenvalue weighted by atomic mass is 32.2. The van der Waals surface area contributed by atoms with E-state index in [-0.39, 0.29) is 11.5 Å². The standard InChI is InChI=1S/C13H17N3O3S/c17-10-12-4-1-2-5-13(12)20(18,19)15-6-3-8-16-9-7-14-11-16/h1-2,4-5,7,9,11,15,17H,3,6,8,10H2. The minimum Gasteiger partial charge on any atom is -0.392 e. The highest BCUT2D eigenvalue weighted by Gasteiger charge is 2.16. The van der Waals surface area contributed by atoms with Gasteiger partial charge in [0, 0.05) is 25.5 Å². The predicted octanol–water partition coefficient (Wildman–Crippen LogP) is 0.744. The first-order valence-electron chi connectivity index (χ1n) is 6.27. The van der Waals surface area contributed by atoms with Gasteiger partial charge in [0.25, 0.3) is 0 Å². The van der Waals surface area contributed by atoms with Crippen LogP contribution in [0.3, 0.4) is 0 Å². The second-order valence-electron chi connectivity index (χ2n) is 4.32. The normalized spacial score (nSPS) is 11.7. The summed E-state index contributed by atoms with van der Waals surface area (Å²) in [6.07, 6.45) is 5.86. The van der Waals surface area contributed by atoms with Gasteiger partial charge >= 0.3 is 0 Å². The Morgan fingerprint density at radius 2 is 2.10 bits per heavy atom. The van der Waals surface area contributed by atoms with E-state index in [9.17, 15) is 13.5 Å². The molecule has 7 heteroatoms. The molecule has 1 aromatic carbocycles. The maximum absolute atomic E-state index is 12.1. The number of sulfonamides is 1. The summed E-state index contributed by atoms with van der Waals surface area (Å²) in [7, 11) is -3.58. The molecular formula is C13H17N3O3S. The number of nitrogens with one attached hydrogen (secondary N) is 1. The molecule has 20 heavy (non-hydrogen) atoms. The Balaban J connectivity index is 1.94. The molecule has 0 amide bonds. The van der Waals surface area contributed by atoms with Gasteiger partial charge in [0.15, 0.2) is 0 Å². The number of rotatable bonds is 7. The smallest absolute Gasteiger partial charge is 0.240 e. The van der Waals surface area contributed by atoms with Crippen LogP contribution in [0, 0.1) is 0 Å².